The van der Waals surface area contributed by atoms with Crippen LogP contribution in [-0.2, 0) is 0 Å². The van der Waals surface area contributed by atoms with E-state index < -0.39 is 6.10 Å². The molecule has 1 aliphatic heterocycles. The minimum absolute atomic E-state index is 0.341. The molecule has 0 fully saturated rings. The van der Waals surface area contributed by atoms with Gasteiger partial charge in [0.2, 0.25) is 0 Å². The van der Waals surface area contributed by atoms with Crippen molar-refractivity contribution >= 4 is 21.6 Å². The highest BCUT2D eigenvalue weighted by Gasteiger charge is 2.31. The van der Waals surface area contributed by atoms with Crippen LogP contribution in [0, 0.1) is 5.21 Å². The molecule has 2 unspecified atom stereocenters. The first-order valence-corrected chi connectivity index (χ1v) is 5.67. The quantitative estimate of drug-likeness (QED) is 0.826. The van der Waals surface area contributed by atoms with E-state index in [0.717, 1.165) is 16.0 Å². The number of anilines is 1. The van der Waals surface area contributed by atoms with Crippen LogP contribution < -0.4 is 5.06 Å². The molecule has 3 nitrogen and oxygen atoms in total. The summed E-state index contributed by atoms with van der Waals surface area (Å²) in [6.07, 6.45) is 0.000509. The Morgan fingerprint density at radius 2 is 2.14 bits per heavy atom. The molecule has 4 heteroatoms. The normalized spacial score (nSPS) is 25.2. The van der Waals surface area contributed by atoms with Crippen LogP contribution in [-0.4, -0.2) is 16.5 Å². The van der Waals surface area contributed by atoms with Crippen LogP contribution in [0.4, 0.5) is 5.69 Å². The van der Waals surface area contributed by atoms with Crippen molar-refractivity contribution in [3.05, 3.63) is 35.0 Å². The summed E-state index contributed by atoms with van der Waals surface area (Å²) in [5.74, 6) is 0. The zero-order chi connectivity index (χ0) is 10.1. The Kier molecular flexibility index (Phi) is 2.76. The molecule has 76 valence electrons. The molecular weight excluding hydrogens is 246 g/mol. The predicted molar refractivity (Wildman–Crippen MR) is 59.4 cm³/mol. The van der Waals surface area contributed by atoms with Crippen molar-refractivity contribution in [1.82, 2.24) is 0 Å². The number of para-hydroxylation sites is 1. The Labute approximate surface area is 91.1 Å². The van der Waals surface area contributed by atoms with Crippen molar-refractivity contribution < 1.29 is 5.11 Å². The molecule has 0 amide bonds. The van der Waals surface area contributed by atoms with Gasteiger partial charge in [0.05, 0.1) is 0 Å². The van der Waals surface area contributed by atoms with Crippen LogP contribution in [0.1, 0.15) is 18.1 Å². The minimum Gasteiger partial charge on any atom is -0.758 e. The fourth-order valence-electron chi connectivity index (χ4n) is 1.84. The number of rotatable bonds is 2. The Morgan fingerprint density at radius 1 is 1.43 bits per heavy atom. The average molecular weight is 257 g/mol. The molecule has 1 aliphatic rings. The largest absolute Gasteiger partial charge is 0.758 e. The number of alkyl halides is 1. The van der Waals surface area contributed by atoms with Crippen molar-refractivity contribution in [2.75, 3.05) is 10.4 Å². The molecule has 2 atom stereocenters. The van der Waals surface area contributed by atoms with Crippen LogP contribution >= 0.6 is 15.9 Å². The summed E-state index contributed by atoms with van der Waals surface area (Å²) in [4.78, 5) is 0. The molecule has 0 radical (unpaired) electrons. The van der Waals surface area contributed by atoms with Crippen molar-refractivity contribution in [2.45, 2.75) is 18.6 Å². The van der Waals surface area contributed by atoms with Gasteiger partial charge < -0.3 is 15.4 Å². The van der Waals surface area contributed by atoms with E-state index >= 15 is 0 Å². The first-order valence-electron chi connectivity index (χ1n) is 4.55. The van der Waals surface area contributed by atoms with E-state index in [9.17, 15) is 10.3 Å². The van der Waals surface area contributed by atoms with Gasteiger partial charge in [0.15, 0.2) is 0 Å². The van der Waals surface area contributed by atoms with Gasteiger partial charge >= 0.3 is 0 Å². The minimum atomic E-state index is -0.652. The van der Waals surface area contributed by atoms with Crippen LogP contribution in [0.25, 0.3) is 0 Å². The second kappa shape index (κ2) is 3.88. The Balaban J connectivity index is 2.33. The molecule has 14 heavy (non-hydrogen) atoms. The van der Waals surface area contributed by atoms with Gasteiger partial charge in [-0.1, -0.05) is 34.1 Å². The smallest absolute Gasteiger partial charge is 0.100 e. The van der Waals surface area contributed by atoms with Crippen molar-refractivity contribution in [3.63, 3.8) is 0 Å². The van der Waals surface area contributed by atoms with Gasteiger partial charge in [-0.3, -0.25) is 0 Å². The number of hydrogen-bond acceptors (Lipinski definition) is 3. The van der Waals surface area contributed by atoms with Crippen LogP contribution in [0.15, 0.2) is 24.3 Å². The maximum absolute atomic E-state index is 11.7. The lowest BCUT2D eigenvalue weighted by atomic mass is 10.1. The lowest BCUT2D eigenvalue weighted by Crippen LogP contribution is -2.29. The number of hydroxylamine groups is 1. The zero-order valence-corrected chi connectivity index (χ0v) is 9.14. The molecule has 0 aromatic heterocycles. The van der Waals surface area contributed by atoms with Crippen molar-refractivity contribution in [1.29, 1.82) is 0 Å². The molecule has 2 rings (SSSR count). The molecule has 0 saturated heterocycles. The van der Waals surface area contributed by atoms with Crippen molar-refractivity contribution in [3.8, 4) is 0 Å². The molecule has 0 saturated carbocycles. The Morgan fingerprint density at radius 3 is 2.79 bits per heavy atom. The summed E-state index contributed by atoms with van der Waals surface area (Å²) < 4.78 is 0. The molecule has 1 heterocycles. The molecule has 0 bridgehead atoms. The third-order valence-corrected chi connectivity index (χ3v) is 3.02. The fraction of sp³-hybridized carbons (Fsp3) is 0.400. The van der Waals surface area contributed by atoms with Gasteiger partial charge in [0.1, 0.15) is 6.10 Å². The van der Waals surface area contributed by atoms with E-state index in [0.29, 0.717) is 12.1 Å². The lowest BCUT2D eigenvalue weighted by Gasteiger charge is -2.33. The highest BCUT2D eigenvalue weighted by Crippen LogP contribution is 2.39. The van der Waals surface area contributed by atoms with E-state index in [4.69, 9.17) is 0 Å². The topological polar surface area (TPSA) is 46.5 Å². The third-order valence-electron chi connectivity index (χ3n) is 2.56. The molecule has 1 aromatic carbocycles. The molecular formula is C10H11BrNO2-. The monoisotopic (exact) mass is 256 g/mol. The summed E-state index contributed by atoms with van der Waals surface area (Å²) in [5.41, 5.74) is 1.35. The second-order valence-electron chi connectivity index (χ2n) is 3.37. The summed E-state index contributed by atoms with van der Waals surface area (Å²) in [5, 5.41) is 23.3. The third kappa shape index (κ3) is 1.43. The van der Waals surface area contributed by atoms with Gasteiger partial charge in [0, 0.05) is 22.6 Å². The number of fused-ring (bicyclic) bond motifs is 1. The summed E-state index contributed by atoms with van der Waals surface area (Å²) in [6, 6.07) is 6.87. The fourth-order valence-corrected chi connectivity index (χ4v) is 2.31. The van der Waals surface area contributed by atoms with E-state index in [1.807, 2.05) is 12.1 Å². The maximum Gasteiger partial charge on any atom is 0.100 e. The maximum atomic E-state index is 11.7. The van der Waals surface area contributed by atoms with Crippen LogP contribution in [0.2, 0.25) is 0 Å². The molecule has 1 N–H and O–H groups in total. The van der Waals surface area contributed by atoms with Gasteiger partial charge in [-0.15, -0.1) is 0 Å². The first-order chi connectivity index (χ1) is 6.75. The number of nitrogens with zero attached hydrogens (tertiary/aromatic N) is 1. The Bertz CT molecular complexity index is 303. The van der Waals surface area contributed by atoms with Gasteiger partial charge in [-0.05, 0) is 12.5 Å². The van der Waals surface area contributed by atoms with Crippen LogP contribution in [0.5, 0.6) is 0 Å². The lowest BCUT2D eigenvalue weighted by molar-refractivity contribution is 0.156. The summed E-state index contributed by atoms with van der Waals surface area (Å²) in [6.45, 7) is 0. The predicted octanol–water partition coefficient (Wildman–Crippen LogP) is 2.19. The average Bonchev–Trinajstić information content (AvgIpc) is 2.45. The van der Waals surface area contributed by atoms with E-state index in [2.05, 4.69) is 15.9 Å². The second-order valence-corrected chi connectivity index (χ2v) is 4.17. The van der Waals surface area contributed by atoms with E-state index in [1.165, 1.54) is 0 Å². The number of aliphatic hydroxyl groups is 1. The summed E-state index contributed by atoms with van der Waals surface area (Å²) in [7, 11) is 0. The number of aliphatic hydroxyl groups excluding tert-OH is 1. The van der Waals surface area contributed by atoms with Crippen molar-refractivity contribution in [2.24, 2.45) is 0 Å². The molecule has 0 aliphatic carbocycles. The number of hydrogen-bond donors (Lipinski definition) is 1. The number of benzene rings is 1. The zero-order valence-electron chi connectivity index (χ0n) is 7.56. The van der Waals surface area contributed by atoms with Gasteiger partial charge in [-0.2, -0.15) is 0 Å². The Hall–Kier alpha value is -0.580. The standard InChI is InChI=1S/C10H11BrNO2/c11-6-5-9-10(13)7-3-1-2-4-8(7)12(9)14/h1-4,9-10,13H,5-6H2/q-1. The molecule has 1 aromatic rings. The van der Waals surface area contributed by atoms with E-state index in [1.54, 1.807) is 12.1 Å². The molecule has 0 spiro atoms. The van der Waals surface area contributed by atoms with Crippen LogP contribution in [0.3, 0.4) is 0 Å². The van der Waals surface area contributed by atoms with E-state index in [-0.39, 0.29) is 6.04 Å². The van der Waals surface area contributed by atoms with Gasteiger partial charge in [-0.25, -0.2) is 0 Å². The first kappa shape index (κ1) is 9.96. The SMILES string of the molecule is [O-]N1c2ccccc2C(O)C1CCBr. The number of halogens is 1. The highest BCUT2D eigenvalue weighted by atomic mass is 79.9. The highest BCUT2D eigenvalue weighted by molar-refractivity contribution is 9.09. The van der Waals surface area contributed by atoms with Gasteiger partial charge in [0.25, 0.3) is 0 Å². The summed E-state index contributed by atoms with van der Waals surface area (Å²) >= 11 is 3.28.